The number of carbonyl (C=O) groups is 2. The van der Waals surface area contributed by atoms with Crippen molar-refractivity contribution in [2.24, 2.45) is 0 Å². The zero-order chi connectivity index (χ0) is 19.1. The second-order valence-electron chi connectivity index (χ2n) is 6.02. The fourth-order valence-corrected chi connectivity index (χ4v) is 2.83. The van der Waals surface area contributed by atoms with Gasteiger partial charge in [-0.3, -0.25) is 10.1 Å². The molecule has 6 heteroatoms. The Morgan fingerprint density at radius 2 is 1.92 bits per heavy atom. The Kier molecular flexibility index (Phi) is 6.83. The summed E-state index contributed by atoms with van der Waals surface area (Å²) in [6.07, 6.45) is 0.491. The van der Waals surface area contributed by atoms with E-state index in [0.717, 1.165) is 24.4 Å². The van der Waals surface area contributed by atoms with E-state index >= 15 is 0 Å². The van der Waals surface area contributed by atoms with Crippen LogP contribution < -0.4 is 10.1 Å². The molecule has 0 aliphatic rings. The monoisotopic (exact) mass is 358 g/mol. The number of hydrogen-bond donors (Lipinski definition) is 1. The van der Waals surface area contributed by atoms with Crippen molar-refractivity contribution in [2.75, 3.05) is 18.5 Å². The number of nitrogens with zero attached hydrogens (tertiary/aromatic N) is 1. The first-order chi connectivity index (χ1) is 12.5. The summed E-state index contributed by atoms with van der Waals surface area (Å²) in [4.78, 5) is 24.0. The zero-order valence-corrected chi connectivity index (χ0v) is 15.8. The minimum Gasteiger partial charge on any atom is -0.485 e. The summed E-state index contributed by atoms with van der Waals surface area (Å²) < 4.78 is 12.6. The molecule has 0 fully saturated rings. The van der Waals surface area contributed by atoms with Crippen LogP contribution in [0.5, 0.6) is 5.75 Å². The minimum atomic E-state index is -0.524. The molecular weight excluding hydrogens is 332 g/mol. The van der Waals surface area contributed by atoms with E-state index < -0.39 is 6.09 Å². The van der Waals surface area contributed by atoms with Crippen LogP contribution in [0.3, 0.4) is 0 Å². The van der Waals surface area contributed by atoms with Gasteiger partial charge >= 0.3 is 6.09 Å². The summed E-state index contributed by atoms with van der Waals surface area (Å²) in [7, 11) is 0. The number of anilines is 1. The molecule has 0 saturated heterocycles. The molecule has 0 aliphatic carbocycles. The summed E-state index contributed by atoms with van der Waals surface area (Å²) in [5, 5.41) is 2.61. The standard InChI is InChI=1S/C20H26N2O4/c1-5-10-22-14(3)11-18(15(22)4)19(23)13-26-17-9-7-8-16(12-17)21-20(24)25-6-2/h7-9,11-12H,5-6,10,13H2,1-4H3,(H,21,24). The summed E-state index contributed by atoms with van der Waals surface area (Å²) in [6, 6.07) is 8.78. The number of nitrogens with one attached hydrogen (secondary N) is 1. The average Bonchev–Trinajstić information content (AvgIpc) is 2.89. The van der Waals surface area contributed by atoms with Crippen LogP contribution >= 0.6 is 0 Å². The van der Waals surface area contributed by atoms with Crippen molar-refractivity contribution in [3.05, 3.63) is 47.3 Å². The van der Waals surface area contributed by atoms with E-state index in [4.69, 9.17) is 9.47 Å². The van der Waals surface area contributed by atoms with E-state index in [2.05, 4.69) is 16.8 Å². The van der Waals surface area contributed by atoms with Crippen molar-refractivity contribution in [1.29, 1.82) is 0 Å². The van der Waals surface area contributed by atoms with Gasteiger partial charge in [0.05, 0.1) is 6.61 Å². The van der Waals surface area contributed by atoms with Gasteiger partial charge in [-0.15, -0.1) is 0 Å². The Morgan fingerprint density at radius 1 is 1.15 bits per heavy atom. The number of Topliss-reactive ketones (excluding diaryl/α,β-unsaturated/α-hetero) is 1. The van der Waals surface area contributed by atoms with Crippen LogP contribution in [0, 0.1) is 13.8 Å². The van der Waals surface area contributed by atoms with Crippen molar-refractivity contribution in [1.82, 2.24) is 4.57 Å². The number of aromatic nitrogens is 1. The number of benzene rings is 1. The molecule has 2 aromatic rings. The lowest BCUT2D eigenvalue weighted by molar-refractivity contribution is 0.0920. The maximum absolute atomic E-state index is 12.5. The smallest absolute Gasteiger partial charge is 0.411 e. The summed E-state index contributed by atoms with van der Waals surface area (Å²) in [5.74, 6) is 0.444. The van der Waals surface area contributed by atoms with Crippen LogP contribution in [0.15, 0.2) is 30.3 Å². The third-order valence-electron chi connectivity index (χ3n) is 4.05. The SMILES string of the molecule is CCCn1c(C)cc(C(=O)COc2cccc(NC(=O)OCC)c2)c1C. The van der Waals surface area contributed by atoms with E-state index in [1.807, 2.05) is 19.9 Å². The number of ketones is 1. The summed E-state index contributed by atoms with van der Waals surface area (Å²) in [6.45, 7) is 8.95. The first-order valence-electron chi connectivity index (χ1n) is 8.82. The highest BCUT2D eigenvalue weighted by molar-refractivity contribution is 5.98. The van der Waals surface area contributed by atoms with Crippen LogP contribution in [-0.2, 0) is 11.3 Å². The lowest BCUT2D eigenvalue weighted by Gasteiger charge is -2.10. The van der Waals surface area contributed by atoms with Crippen molar-refractivity contribution >= 4 is 17.6 Å². The molecule has 1 aromatic heterocycles. The second-order valence-corrected chi connectivity index (χ2v) is 6.02. The molecular formula is C20H26N2O4. The predicted molar refractivity (Wildman–Crippen MR) is 101 cm³/mol. The number of ether oxygens (including phenoxy) is 2. The molecule has 1 N–H and O–H groups in total. The van der Waals surface area contributed by atoms with Crippen molar-refractivity contribution in [2.45, 2.75) is 40.7 Å². The zero-order valence-electron chi connectivity index (χ0n) is 15.8. The highest BCUT2D eigenvalue weighted by Gasteiger charge is 2.16. The van der Waals surface area contributed by atoms with Crippen molar-refractivity contribution in [3.8, 4) is 5.75 Å². The Hall–Kier alpha value is -2.76. The molecule has 0 aliphatic heterocycles. The van der Waals surface area contributed by atoms with E-state index in [1.165, 1.54) is 0 Å². The van der Waals surface area contributed by atoms with Gasteiger partial charge in [-0.2, -0.15) is 0 Å². The predicted octanol–water partition coefficient (Wildman–Crippen LogP) is 4.35. The Balaban J connectivity index is 2.01. The largest absolute Gasteiger partial charge is 0.485 e. The van der Waals surface area contributed by atoms with Crippen LogP contribution in [0.2, 0.25) is 0 Å². The molecule has 6 nitrogen and oxygen atoms in total. The number of amides is 1. The number of aryl methyl sites for hydroxylation is 1. The van der Waals surface area contributed by atoms with Crippen LogP contribution in [0.1, 0.15) is 42.0 Å². The number of rotatable bonds is 8. The Bertz CT molecular complexity index is 780. The van der Waals surface area contributed by atoms with E-state index in [1.54, 1.807) is 31.2 Å². The Labute approximate surface area is 154 Å². The van der Waals surface area contributed by atoms with Crippen molar-refractivity contribution in [3.63, 3.8) is 0 Å². The minimum absolute atomic E-state index is 0.0563. The highest BCUT2D eigenvalue weighted by atomic mass is 16.5. The number of hydrogen-bond acceptors (Lipinski definition) is 4. The Morgan fingerprint density at radius 3 is 2.62 bits per heavy atom. The van der Waals surface area contributed by atoms with Gasteiger partial charge in [-0.05, 0) is 45.4 Å². The van der Waals surface area contributed by atoms with E-state index in [9.17, 15) is 9.59 Å². The van der Waals surface area contributed by atoms with Crippen LogP contribution in [-0.4, -0.2) is 29.7 Å². The molecule has 0 spiro atoms. The second kappa shape index (κ2) is 9.08. The third kappa shape index (κ3) is 4.88. The molecule has 0 radical (unpaired) electrons. The first kappa shape index (κ1) is 19.6. The molecule has 1 amide bonds. The van der Waals surface area contributed by atoms with Gasteiger partial charge in [-0.25, -0.2) is 4.79 Å². The average molecular weight is 358 g/mol. The van der Waals surface area contributed by atoms with E-state index in [-0.39, 0.29) is 12.4 Å². The highest BCUT2D eigenvalue weighted by Crippen LogP contribution is 2.20. The maximum Gasteiger partial charge on any atom is 0.411 e. The first-order valence-corrected chi connectivity index (χ1v) is 8.82. The molecule has 140 valence electrons. The van der Waals surface area contributed by atoms with Gasteiger partial charge in [0.1, 0.15) is 5.75 Å². The molecule has 2 rings (SSSR count). The van der Waals surface area contributed by atoms with Gasteiger partial charge in [0.2, 0.25) is 5.78 Å². The molecule has 0 unspecified atom stereocenters. The van der Waals surface area contributed by atoms with Gasteiger partial charge in [0.25, 0.3) is 0 Å². The number of carbonyl (C=O) groups excluding carboxylic acids is 2. The maximum atomic E-state index is 12.5. The molecule has 0 bridgehead atoms. The lowest BCUT2D eigenvalue weighted by atomic mass is 10.1. The lowest BCUT2D eigenvalue weighted by Crippen LogP contribution is -2.14. The molecule has 0 saturated carbocycles. The molecule has 0 atom stereocenters. The van der Waals surface area contributed by atoms with E-state index in [0.29, 0.717) is 23.6 Å². The normalized spacial score (nSPS) is 10.5. The fraction of sp³-hybridized carbons (Fsp3) is 0.400. The molecule has 1 heterocycles. The van der Waals surface area contributed by atoms with Crippen molar-refractivity contribution < 1.29 is 19.1 Å². The fourth-order valence-electron chi connectivity index (χ4n) is 2.83. The molecule has 26 heavy (non-hydrogen) atoms. The summed E-state index contributed by atoms with van der Waals surface area (Å²) >= 11 is 0. The third-order valence-corrected chi connectivity index (χ3v) is 4.05. The quantitative estimate of drug-likeness (QED) is 0.713. The van der Waals surface area contributed by atoms with Gasteiger partial charge in [-0.1, -0.05) is 13.0 Å². The summed E-state index contributed by atoms with van der Waals surface area (Å²) in [5.41, 5.74) is 3.29. The topological polar surface area (TPSA) is 69.6 Å². The van der Waals surface area contributed by atoms with Gasteiger partial charge in [0.15, 0.2) is 6.61 Å². The van der Waals surface area contributed by atoms with Gasteiger partial charge < -0.3 is 14.0 Å². The van der Waals surface area contributed by atoms with Crippen LogP contribution in [0.4, 0.5) is 10.5 Å². The van der Waals surface area contributed by atoms with Gasteiger partial charge in [0, 0.05) is 35.2 Å². The van der Waals surface area contributed by atoms with Crippen LogP contribution in [0.25, 0.3) is 0 Å². The molecule has 1 aromatic carbocycles.